The summed E-state index contributed by atoms with van der Waals surface area (Å²) in [5, 5.41) is 4.33. The van der Waals surface area contributed by atoms with Crippen molar-refractivity contribution in [1.82, 2.24) is 10.3 Å². The average molecular weight is 308 g/mol. The Morgan fingerprint density at radius 1 is 1.38 bits per heavy atom. The fourth-order valence-corrected chi connectivity index (χ4v) is 4.52. The lowest BCUT2D eigenvalue weighted by atomic mass is 10.1. The second-order valence-corrected chi connectivity index (χ2v) is 7.31. The normalized spacial score (nSPS) is 17.1. The fourth-order valence-electron chi connectivity index (χ4n) is 3.06. The van der Waals surface area contributed by atoms with Crippen LogP contribution < -0.4 is 10.1 Å². The highest BCUT2D eigenvalue weighted by molar-refractivity contribution is 7.99. The standard InChI is InChI=1S/C17H28N2OS/c1-12-10-19-16(13(2)17(12)20-4)9-14(18-3)11-21-15-7-5-6-8-15/h10,14-15,18H,5-9,11H2,1-4H3. The van der Waals surface area contributed by atoms with E-state index in [1.165, 1.54) is 37.0 Å². The number of ether oxygens (including phenoxy) is 1. The van der Waals surface area contributed by atoms with E-state index < -0.39 is 0 Å². The van der Waals surface area contributed by atoms with Crippen LogP contribution in [0.2, 0.25) is 0 Å². The SMILES string of the molecule is CNC(CSC1CCCC1)Cc1ncc(C)c(OC)c1C. The zero-order valence-corrected chi connectivity index (χ0v) is 14.6. The Hall–Kier alpha value is -0.740. The first-order valence-corrected chi connectivity index (χ1v) is 8.98. The Bertz CT molecular complexity index is 458. The van der Waals surface area contributed by atoms with Gasteiger partial charge in [0.2, 0.25) is 0 Å². The van der Waals surface area contributed by atoms with Crippen molar-refractivity contribution >= 4 is 11.8 Å². The minimum absolute atomic E-state index is 0.481. The Morgan fingerprint density at radius 3 is 2.71 bits per heavy atom. The quantitative estimate of drug-likeness (QED) is 0.836. The third-order valence-electron chi connectivity index (χ3n) is 4.43. The molecule has 1 aromatic heterocycles. The third-order valence-corrected chi connectivity index (χ3v) is 5.97. The van der Waals surface area contributed by atoms with E-state index in [1.54, 1.807) is 7.11 Å². The molecule has 0 bridgehead atoms. The van der Waals surface area contributed by atoms with E-state index >= 15 is 0 Å². The number of likely N-dealkylation sites (N-methyl/N-ethyl adjacent to an activating group) is 1. The van der Waals surface area contributed by atoms with Gasteiger partial charge < -0.3 is 10.1 Å². The summed E-state index contributed by atoms with van der Waals surface area (Å²) in [5.41, 5.74) is 3.45. The van der Waals surface area contributed by atoms with Gasteiger partial charge in [-0.15, -0.1) is 0 Å². The van der Waals surface area contributed by atoms with Crippen molar-refractivity contribution in [3.8, 4) is 5.75 Å². The predicted octanol–water partition coefficient (Wildman–Crippen LogP) is 3.51. The molecule has 1 heterocycles. The lowest BCUT2D eigenvalue weighted by Crippen LogP contribution is -2.31. The minimum Gasteiger partial charge on any atom is -0.496 e. The Morgan fingerprint density at radius 2 is 2.10 bits per heavy atom. The van der Waals surface area contributed by atoms with Crippen LogP contribution in [-0.2, 0) is 6.42 Å². The fraction of sp³-hybridized carbons (Fsp3) is 0.706. The number of aryl methyl sites for hydroxylation is 1. The number of hydrogen-bond acceptors (Lipinski definition) is 4. The number of aromatic nitrogens is 1. The molecule has 1 aliphatic rings. The highest BCUT2D eigenvalue weighted by Gasteiger charge is 2.19. The third kappa shape index (κ3) is 4.36. The maximum absolute atomic E-state index is 5.51. The van der Waals surface area contributed by atoms with E-state index in [9.17, 15) is 0 Å². The van der Waals surface area contributed by atoms with Gasteiger partial charge in [-0.25, -0.2) is 0 Å². The van der Waals surface area contributed by atoms with Gasteiger partial charge in [0, 0.05) is 46.5 Å². The van der Waals surface area contributed by atoms with Gasteiger partial charge in [0.15, 0.2) is 0 Å². The maximum atomic E-state index is 5.51. The van der Waals surface area contributed by atoms with E-state index in [-0.39, 0.29) is 0 Å². The molecule has 0 amide bonds. The first kappa shape index (κ1) is 16.6. The zero-order chi connectivity index (χ0) is 15.2. The molecule has 0 aliphatic heterocycles. The highest BCUT2D eigenvalue weighted by Crippen LogP contribution is 2.30. The number of methoxy groups -OCH3 is 1. The van der Waals surface area contributed by atoms with Crippen LogP contribution in [0, 0.1) is 13.8 Å². The summed E-state index contributed by atoms with van der Waals surface area (Å²) in [4.78, 5) is 4.62. The molecule has 0 radical (unpaired) electrons. The van der Waals surface area contributed by atoms with Crippen LogP contribution >= 0.6 is 11.8 Å². The molecule has 118 valence electrons. The molecule has 1 aliphatic carbocycles. The summed E-state index contributed by atoms with van der Waals surface area (Å²) in [6.45, 7) is 4.17. The summed E-state index contributed by atoms with van der Waals surface area (Å²) in [6.07, 6.45) is 8.53. The van der Waals surface area contributed by atoms with Gasteiger partial charge in [-0.1, -0.05) is 12.8 Å². The van der Waals surface area contributed by atoms with Gasteiger partial charge in [-0.2, -0.15) is 11.8 Å². The van der Waals surface area contributed by atoms with Crippen molar-refractivity contribution in [2.24, 2.45) is 0 Å². The average Bonchev–Trinajstić information content (AvgIpc) is 2.99. The topological polar surface area (TPSA) is 34.2 Å². The van der Waals surface area contributed by atoms with Crippen LogP contribution in [-0.4, -0.2) is 36.2 Å². The monoisotopic (exact) mass is 308 g/mol. The van der Waals surface area contributed by atoms with Crippen LogP contribution in [0.5, 0.6) is 5.75 Å². The van der Waals surface area contributed by atoms with E-state index in [1.807, 2.05) is 13.1 Å². The number of rotatable bonds is 7. The predicted molar refractivity (Wildman–Crippen MR) is 91.5 cm³/mol. The molecule has 0 spiro atoms. The first-order chi connectivity index (χ1) is 10.2. The highest BCUT2D eigenvalue weighted by atomic mass is 32.2. The molecule has 0 aromatic carbocycles. The summed E-state index contributed by atoms with van der Waals surface area (Å²) in [6, 6.07) is 0.481. The largest absolute Gasteiger partial charge is 0.496 e. The van der Waals surface area contributed by atoms with E-state index in [4.69, 9.17) is 4.74 Å². The molecule has 4 heteroatoms. The van der Waals surface area contributed by atoms with Gasteiger partial charge in [-0.3, -0.25) is 4.98 Å². The van der Waals surface area contributed by atoms with Crippen molar-refractivity contribution in [2.45, 2.75) is 57.2 Å². The van der Waals surface area contributed by atoms with Gasteiger partial charge in [0.05, 0.1) is 7.11 Å². The Kier molecular flexibility index (Phi) is 6.37. The molecule has 1 fully saturated rings. The van der Waals surface area contributed by atoms with Crippen molar-refractivity contribution in [2.75, 3.05) is 19.9 Å². The molecule has 1 N–H and O–H groups in total. The molecular weight excluding hydrogens is 280 g/mol. The zero-order valence-electron chi connectivity index (χ0n) is 13.7. The molecule has 1 atom stereocenters. The molecule has 21 heavy (non-hydrogen) atoms. The summed E-state index contributed by atoms with van der Waals surface area (Å²) in [5.74, 6) is 2.15. The van der Waals surface area contributed by atoms with Gasteiger partial charge in [0.1, 0.15) is 5.75 Å². The molecule has 0 saturated heterocycles. The van der Waals surface area contributed by atoms with Crippen LogP contribution in [0.3, 0.4) is 0 Å². The van der Waals surface area contributed by atoms with Crippen LogP contribution in [0.15, 0.2) is 6.20 Å². The summed E-state index contributed by atoms with van der Waals surface area (Å²) < 4.78 is 5.51. The number of nitrogens with one attached hydrogen (secondary N) is 1. The number of hydrogen-bond donors (Lipinski definition) is 1. The van der Waals surface area contributed by atoms with Crippen LogP contribution in [0.4, 0.5) is 0 Å². The number of thioether (sulfide) groups is 1. The second kappa shape index (κ2) is 8.04. The van der Waals surface area contributed by atoms with E-state index in [0.717, 1.165) is 28.7 Å². The van der Waals surface area contributed by atoms with Gasteiger partial charge in [0.25, 0.3) is 0 Å². The molecule has 3 nitrogen and oxygen atoms in total. The van der Waals surface area contributed by atoms with Crippen molar-refractivity contribution in [1.29, 1.82) is 0 Å². The lowest BCUT2D eigenvalue weighted by molar-refractivity contribution is 0.406. The molecule has 1 aromatic rings. The number of pyridine rings is 1. The lowest BCUT2D eigenvalue weighted by Gasteiger charge is -2.20. The summed E-state index contributed by atoms with van der Waals surface area (Å²) >= 11 is 2.13. The minimum atomic E-state index is 0.481. The van der Waals surface area contributed by atoms with Crippen LogP contribution in [0.25, 0.3) is 0 Å². The number of nitrogens with zero attached hydrogens (tertiary/aromatic N) is 1. The molecule has 1 unspecified atom stereocenters. The van der Waals surface area contributed by atoms with Crippen molar-refractivity contribution < 1.29 is 4.74 Å². The smallest absolute Gasteiger partial charge is 0.128 e. The Labute approximate surface area is 133 Å². The van der Waals surface area contributed by atoms with Gasteiger partial charge in [-0.05, 0) is 33.7 Å². The molecule has 2 rings (SSSR count). The molecule has 1 saturated carbocycles. The van der Waals surface area contributed by atoms with Gasteiger partial charge >= 0.3 is 0 Å². The van der Waals surface area contributed by atoms with E-state index in [2.05, 4.69) is 36.0 Å². The second-order valence-electron chi connectivity index (χ2n) is 5.98. The first-order valence-electron chi connectivity index (χ1n) is 7.93. The van der Waals surface area contributed by atoms with Crippen molar-refractivity contribution in [3.05, 3.63) is 23.0 Å². The molecular formula is C17H28N2OS. The Balaban J connectivity index is 1.97. The van der Waals surface area contributed by atoms with E-state index in [0.29, 0.717) is 6.04 Å². The van der Waals surface area contributed by atoms with Crippen LogP contribution in [0.1, 0.15) is 42.5 Å². The summed E-state index contributed by atoms with van der Waals surface area (Å²) in [7, 11) is 3.80. The maximum Gasteiger partial charge on any atom is 0.128 e. The van der Waals surface area contributed by atoms with Crippen molar-refractivity contribution in [3.63, 3.8) is 0 Å².